The predicted molar refractivity (Wildman–Crippen MR) is 87.9 cm³/mol. The van der Waals surface area contributed by atoms with Crippen LogP contribution in [-0.2, 0) is 14.3 Å². The van der Waals surface area contributed by atoms with Gasteiger partial charge in [-0.2, -0.15) is 0 Å². The molecule has 1 aliphatic heterocycles. The van der Waals surface area contributed by atoms with E-state index in [1.807, 2.05) is 36.4 Å². The van der Waals surface area contributed by atoms with Gasteiger partial charge in [-0.25, -0.2) is 4.79 Å². The lowest BCUT2D eigenvalue weighted by molar-refractivity contribution is -0.146. The van der Waals surface area contributed by atoms with E-state index in [4.69, 9.17) is 4.74 Å². The Bertz CT molecular complexity index is 663. The summed E-state index contributed by atoms with van der Waals surface area (Å²) in [7, 11) is 0. The van der Waals surface area contributed by atoms with E-state index < -0.39 is 17.5 Å². The fraction of sp³-hybridized carbons (Fsp3) is 0.389. The largest absolute Gasteiger partial charge is 0.460 e. The van der Waals surface area contributed by atoms with Gasteiger partial charge in [0.15, 0.2) is 0 Å². The van der Waals surface area contributed by atoms with Crippen molar-refractivity contribution in [3.63, 3.8) is 0 Å². The average Bonchev–Trinajstić information content (AvgIpc) is 3.14. The number of esters is 1. The Morgan fingerprint density at radius 2 is 1.92 bits per heavy atom. The number of nitrogens with zero attached hydrogens (tertiary/aromatic N) is 1. The number of ether oxygens (including phenoxy) is 1. The second-order valence-electron chi connectivity index (χ2n) is 6.11. The van der Waals surface area contributed by atoms with Crippen LogP contribution in [0.25, 0.3) is 6.08 Å². The minimum Gasteiger partial charge on any atom is -0.460 e. The van der Waals surface area contributed by atoms with E-state index >= 15 is 0 Å². The highest BCUT2D eigenvalue weighted by atomic mass is 16.5. The highest BCUT2D eigenvalue weighted by Crippen LogP contribution is 2.34. The van der Waals surface area contributed by atoms with Gasteiger partial charge in [0.1, 0.15) is 18.7 Å². The van der Waals surface area contributed by atoms with Gasteiger partial charge in [-0.3, -0.25) is 14.5 Å². The van der Waals surface area contributed by atoms with Crippen LogP contribution in [0.4, 0.5) is 4.79 Å². The van der Waals surface area contributed by atoms with Crippen molar-refractivity contribution in [2.24, 2.45) is 0 Å². The molecule has 1 spiro atoms. The number of nitrogens with one attached hydrogen (secondary N) is 1. The Kier molecular flexibility index (Phi) is 4.64. The summed E-state index contributed by atoms with van der Waals surface area (Å²) in [5.74, 6) is -0.895. The first-order valence-corrected chi connectivity index (χ1v) is 8.12. The van der Waals surface area contributed by atoms with Crippen LogP contribution in [0.2, 0.25) is 0 Å². The molecular formula is C18H20N2O4. The highest BCUT2D eigenvalue weighted by molar-refractivity contribution is 6.08. The molecule has 3 amide bonds. The Hall–Kier alpha value is -2.63. The van der Waals surface area contributed by atoms with Crippen molar-refractivity contribution in [2.75, 3.05) is 13.2 Å². The average molecular weight is 328 g/mol. The summed E-state index contributed by atoms with van der Waals surface area (Å²) < 4.78 is 5.07. The van der Waals surface area contributed by atoms with Crippen LogP contribution in [0.1, 0.15) is 31.2 Å². The van der Waals surface area contributed by atoms with Crippen molar-refractivity contribution in [3.05, 3.63) is 42.0 Å². The Morgan fingerprint density at radius 1 is 1.21 bits per heavy atom. The fourth-order valence-corrected chi connectivity index (χ4v) is 3.20. The minimum atomic E-state index is -0.787. The molecule has 1 heterocycles. The molecule has 1 saturated carbocycles. The zero-order valence-electron chi connectivity index (χ0n) is 13.4. The predicted octanol–water partition coefficient (Wildman–Crippen LogP) is 2.11. The molecule has 0 aromatic heterocycles. The molecule has 1 N–H and O–H groups in total. The minimum absolute atomic E-state index is 0.0997. The van der Waals surface area contributed by atoms with Crippen LogP contribution in [-0.4, -0.2) is 41.5 Å². The normalized spacial score (nSPS) is 19.2. The van der Waals surface area contributed by atoms with Gasteiger partial charge in [0, 0.05) is 0 Å². The zero-order valence-corrected chi connectivity index (χ0v) is 13.4. The third-order valence-electron chi connectivity index (χ3n) is 4.44. The van der Waals surface area contributed by atoms with E-state index in [-0.39, 0.29) is 19.1 Å². The van der Waals surface area contributed by atoms with Gasteiger partial charge in [0.05, 0.1) is 0 Å². The van der Waals surface area contributed by atoms with Crippen LogP contribution < -0.4 is 5.32 Å². The van der Waals surface area contributed by atoms with Crippen molar-refractivity contribution in [1.29, 1.82) is 0 Å². The smallest absolute Gasteiger partial charge is 0.326 e. The molecule has 126 valence electrons. The number of hydrogen-bond acceptors (Lipinski definition) is 4. The number of imide groups is 1. The molecule has 1 aromatic carbocycles. The first-order chi connectivity index (χ1) is 11.6. The Morgan fingerprint density at radius 3 is 2.62 bits per heavy atom. The van der Waals surface area contributed by atoms with E-state index in [9.17, 15) is 14.4 Å². The molecule has 0 atom stereocenters. The topological polar surface area (TPSA) is 75.7 Å². The summed E-state index contributed by atoms with van der Waals surface area (Å²) in [5, 5.41) is 2.74. The molecule has 1 aromatic rings. The first-order valence-electron chi connectivity index (χ1n) is 8.12. The van der Waals surface area contributed by atoms with Crippen molar-refractivity contribution in [1.82, 2.24) is 10.2 Å². The van der Waals surface area contributed by atoms with Crippen LogP contribution in [0.5, 0.6) is 0 Å². The van der Waals surface area contributed by atoms with Gasteiger partial charge in [-0.15, -0.1) is 0 Å². The third-order valence-corrected chi connectivity index (χ3v) is 4.44. The monoisotopic (exact) mass is 328 g/mol. The molecule has 0 unspecified atom stereocenters. The van der Waals surface area contributed by atoms with E-state index in [1.54, 1.807) is 6.08 Å². The Labute approximate surface area is 140 Å². The molecule has 3 rings (SSSR count). The third kappa shape index (κ3) is 3.32. The summed E-state index contributed by atoms with van der Waals surface area (Å²) in [6.45, 7) is -0.242. The van der Waals surface area contributed by atoms with Crippen molar-refractivity contribution >= 4 is 24.0 Å². The molecule has 1 aliphatic carbocycles. The van der Waals surface area contributed by atoms with E-state index in [1.165, 1.54) is 0 Å². The van der Waals surface area contributed by atoms with Gasteiger partial charge in [-0.05, 0) is 24.5 Å². The maximum Gasteiger partial charge on any atom is 0.326 e. The molecule has 2 aliphatic rings. The van der Waals surface area contributed by atoms with Crippen LogP contribution >= 0.6 is 0 Å². The molecular weight excluding hydrogens is 308 g/mol. The SMILES string of the molecule is O=C(CN1C(=O)NC2(CCCC2)C1=O)OC/C=C/c1ccccc1. The molecule has 2 fully saturated rings. The lowest BCUT2D eigenvalue weighted by Gasteiger charge is -2.19. The van der Waals surface area contributed by atoms with Crippen LogP contribution in [0, 0.1) is 0 Å². The summed E-state index contributed by atoms with van der Waals surface area (Å²) >= 11 is 0. The van der Waals surface area contributed by atoms with Gasteiger partial charge < -0.3 is 10.1 Å². The fourth-order valence-electron chi connectivity index (χ4n) is 3.20. The highest BCUT2D eigenvalue weighted by Gasteiger charge is 2.52. The number of carbonyl (C=O) groups is 3. The standard InChI is InChI=1S/C18H20N2O4/c21-15(24-12-6-9-14-7-2-1-3-8-14)13-20-16(22)18(19-17(20)23)10-4-5-11-18/h1-3,6-9H,4-5,10-13H2,(H,19,23)/b9-6+. The summed E-state index contributed by atoms with van der Waals surface area (Å²) in [4.78, 5) is 37.2. The molecule has 6 heteroatoms. The van der Waals surface area contributed by atoms with Crippen LogP contribution in [0.3, 0.4) is 0 Å². The van der Waals surface area contributed by atoms with Gasteiger partial charge in [-0.1, -0.05) is 49.2 Å². The van der Waals surface area contributed by atoms with E-state index in [2.05, 4.69) is 5.32 Å². The number of hydrogen-bond donors (Lipinski definition) is 1. The molecule has 0 radical (unpaired) electrons. The van der Waals surface area contributed by atoms with Gasteiger partial charge >= 0.3 is 12.0 Å². The summed E-state index contributed by atoms with van der Waals surface area (Å²) in [6, 6.07) is 9.13. The lowest BCUT2D eigenvalue weighted by atomic mass is 9.98. The van der Waals surface area contributed by atoms with Crippen molar-refractivity contribution < 1.29 is 19.1 Å². The summed E-state index contributed by atoms with van der Waals surface area (Å²) in [6.07, 6.45) is 6.67. The first kappa shape index (κ1) is 16.2. The van der Waals surface area contributed by atoms with Gasteiger partial charge in [0.25, 0.3) is 5.91 Å². The van der Waals surface area contributed by atoms with E-state index in [0.29, 0.717) is 12.8 Å². The van der Waals surface area contributed by atoms with Crippen molar-refractivity contribution in [2.45, 2.75) is 31.2 Å². The van der Waals surface area contributed by atoms with Gasteiger partial charge in [0.2, 0.25) is 0 Å². The number of rotatable bonds is 5. The number of amides is 3. The number of urea groups is 1. The zero-order chi connectivity index (χ0) is 17.0. The lowest BCUT2D eigenvalue weighted by Crippen LogP contribution is -2.44. The van der Waals surface area contributed by atoms with E-state index in [0.717, 1.165) is 23.3 Å². The quantitative estimate of drug-likeness (QED) is 0.663. The second-order valence-corrected chi connectivity index (χ2v) is 6.11. The molecule has 6 nitrogen and oxygen atoms in total. The molecule has 0 bridgehead atoms. The molecule has 1 saturated heterocycles. The number of carbonyl (C=O) groups excluding carboxylic acids is 3. The molecule has 24 heavy (non-hydrogen) atoms. The van der Waals surface area contributed by atoms with Crippen LogP contribution in [0.15, 0.2) is 36.4 Å². The van der Waals surface area contributed by atoms with Crippen molar-refractivity contribution in [3.8, 4) is 0 Å². The summed E-state index contributed by atoms with van der Waals surface area (Å²) in [5.41, 5.74) is 0.218. The Balaban J connectivity index is 1.49. The number of benzene rings is 1. The maximum atomic E-state index is 12.4. The second kappa shape index (κ2) is 6.86. The maximum absolute atomic E-state index is 12.4.